The van der Waals surface area contributed by atoms with Crippen molar-refractivity contribution in [2.45, 2.75) is 12.3 Å². The van der Waals surface area contributed by atoms with E-state index in [2.05, 4.69) is 9.97 Å². The van der Waals surface area contributed by atoms with Crippen LogP contribution in [-0.4, -0.2) is 15.8 Å². The number of nitrogens with zero attached hydrogens (tertiary/aromatic N) is 1. The largest absolute Gasteiger partial charge is 0.387 e. The fourth-order valence-corrected chi connectivity index (χ4v) is 1.34. The number of amidine groups is 1. The predicted molar refractivity (Wildman–Crippen MR) is 41.3 cm³/mol. The molecule has 0 saturated heterocycles. The minimum absolute atomic E-state index is 0.248. The van der Waals surface area contributed by atoms with Gasteiger partial charge in [0.15, 0.2) is 0 Å². The molecule has 4 nitrogen and oxygen atoms in total. The Hall–Kier alpha value is -1.32. The third-order valence-corrected chi connectivity index (χ3v) is 2.09. The predicted octanol–water partition coefficient (Wildman–Crippen LogP) is 0.449. The molecule has 0 amide bonds. The Bertz CT molecular complexity index is 264. The molecule has 0 unspecified atom stereocenters. The van der Waals surface area contributed by atoms with Crippen molar-refractivity contribution in [3.63, 3.8) is 0 Å². The molecule has 2 rings (SSSR count). The summed E-state index contributed by atoms with van der Waals surface area (Å²) in [5.41, 5.74) is 6.37. The van der Waals surface area contributed by atoms with Gasteiger partial charge in [0.1, 0.15) is 0 Å². The first-order valence-corrected chi connectivity index (χ1v) is 3.61. The minimum atomic E-state index is 0.248. The van der Waals surface area contributed by atoms with E-state index in [4.69, 9.17) is 11.1 Å². The zero-order valence-electron chi connectivity index (χ0n) is 6.04. The van der Waals surface area contributed by atoms with E-state index in [0.717, 1.165) is 12.1 Å². The van der Waals surface area contributed by atoms with Crippen molar-refractivity contribution < 1.29 is 0 Å². The number of H-pyrrole nitrogens is 1. The first-order valence-electron chi connectivity index (χ1n) is 3.61. The number of nitrogens with one attached hydrogen (secondary N) is 2. The molecule has 1 fully saturated rings. The molecule has 4 N–H and O–H groups in total. The van der Waals surface area contributed by atoms with Crippen molar-refractivity contribution in [3.8, 4) is 0 Å². The Kier molecular flexibility index (Phi) is 1.21. The number of aromatic amines is 1. The molecule has 1 saturated carbocycles. The highest BCUT2D eigenvalue weighted by Crippen LogP contribution is 2.46. The van der Waals surface area contributed by atoms with Gasteiger partial charge in [0.05, 0.1) is 17.9 Å². The summed E-state index contributed by atoms with van der Waals surface area (Å²) in [5.74, 6) is 0.940. The van der Waals surface area contributed by atoms with Gasteiger partial charge in [-0.05, 0) is 6.42 Å². The Morgan fingerprint density at radius 2 is 2.64 bits per heavy atom. The van der Waals surface area contributed by atoms with Gasteiger partial charge in [-0.1, -0.05) is 0 Å². The van der Waals surface area contributed by atoms with Crippen LogP contribution in [0.1, 0.15) is 18.0 Å². The Balaban J connectivity index is 2.08. The molecular weight excluding hydrogens is 140 g/mol. The van der Waals surface area contributed by atoms with Crippen molar-refractivity contribution in [2.75, 3.05) is 0 Å². The maximum atomic E-state index is 7.18. The molecular formula is C7H10N4. The van der Waals surface area contributed by atoms with Crippen molar-refractivity contribution in [1.82, 2.24) is 9.97 Å². The van der Waals surface area contributed by atoms with Crippen LogP contribution in [-0.2, 0) is 0 Å². The molecule has 1 aromatic rings. The second-order valence-electron chi connectivity index (χ2n) is 2.90. The van der Waals surface area contributed by atoms with E-state index >= 15 is 0 Å². The lowest BCUT2D eigenvalue weighted by molar-refractivity contribution is 0.984. The van der Waals surface area contributed by atoms with Crippen LogP contribution in [0.4, 0.5) is 0 Å². The van der Waals surface area contributed by atoms with Crippen molar-refractivity contribution in [3.05, 3.63) is 18.2 Å². The van der Waals surface area contributed by atoms with Crippen molar-refractivity contribution in [2.24, 2.45) is 11.7 Å². The van der Waals surface area contributed by atoms with Crippen LogP contribution in [0.15, 0.2) is 12.5 Å². The van der Waals surface area contributed by atoms with E-state index in [1.807, 2.05) is 6.20 Å². The molecule has 2 atom stereocenters. The number of nitrogens with two attached hydrogens (primary N) is 1. The van der Waals surface area contributed by atoms with Crippen molar-refractivity contribution >= 4 is 5.84 Å². The number of imidazole rings is 1. The summed E-state index contributed by atoms with van der Waals surface area (Å²) < 4.78 is 0. The third-order valence-electron chi connectivity index (χ3n) is 2.09. The van der Waals surface area contributed by atoms with Gasteiger partial charge >= 0.3 is 0 Å². The summed E-state index contributed by atoms with van der Waals surface area (Å²) in [5, 5.41) is 7.18. The molecule has 1 aromatic heterocycles. The molecule has 1 aliphatic carbocycles. The SMILES string of the molecule is N=C(N)[C@@H]1C[C@H]1c1c[nH]cn1. The lowest BCUT2D eigenvalue weighted by Crippen LogP contribution is -2.12. The van der Waals surface area contributed by atoms with Crippen LogP contribution in [0.2, 0.25) is 0 Å². The molecule has 11 heavy (non-hydrogen) atoms. The van der Waals surface area contributed by atoms with E-state index in [1.54, 1.807) is 6.33 Å². The Morgan fingerprint density at radius 3 is 3.09 bits per heavy atom. The van der Waals surface area contributed by atoms with E-state index < -0.39 is 0 Å². The first-order chi connectivity index (χ1) is 5.29. The van der Waals surface area contributed by atoms with Gasteiger partial charge in [0.25, 0.3) is 0 Å². The second kappa shape index (κ2) is 2.08. The zero-order chi connectivity index (χ0) is 7.84. The Labute approximate surface area is 64.3 Å². The maximum absolute atomic E-state index is 7.18. The highest BCUT2D eigenvalue weighted by Gasteiger charge is 2.41. The fourth-order valence-electron chi connectivity index (χ4n) is 1.34. The van der Waals surface area contributed by atoms with E-state index in [1.165, 1.54) is 0 Å². The zero-order valence-corrected chi connectivity index (χ0v) is 6.04. The van der Waals surface area contributed by atoms with E-state index in [0.29, 0.717) is 5.92 Å². The quantitative estimate of drug-likeness (QED) is 0.422. The van der Waals surface area contributed by atoms with Crippen LogP contribution in [0.25, 0.3) is 0 Å². The highest BCUT2D eigenvalue weighted by molar-refractivity contribution is 5.83. The molecule has 0 radical (unpaired) electrons. The highest BCUT2D eigenvalue weighted by atomic mass is 14.9. The number of aromatic nitrogens is 2. The summed E-state index contributed by atoms with van der Waals surface area (Å²) in [7, 11) is 0. The summed E-state index contributed by atoms with van der Waals surface area (Å²) in [6.07, 6.45) is 4.51. The summed E-state index contributed by atoms with van der Waals surface area (Å²) in [6, 6.07) is 0. The fraction of sp³-hybridized carbons (Fsp3) is 0.429. The number of rotatable bonds is 2. The molecule has 4 heteroatoms. The smallest absolute Gasteiger partial charge is 0.0943 e. The van der Waals surface area contributed by atoms with Crippen LogP contribution in [0.3, 0.4) is 0 Å². The lowest BCUT2D eigenvalue weighted by atomic mass is 10.2. The van der Waals surface area contributed by atoms with Gasteiger partial charge in [-0.25, -0.2) is 4.98 Å². The molecule has 0 aromatic carbocycles. The molecule has 0 aliphatic heterocycles. The average Bonchev–Trinajstić information content (AvgIpc) is 2.60. The minimum Gasteiger partial charge on any atom is -0.387 e. The molecule has 1 aliphatic rings. The molecule has 0 spiro atoms. The summed E-state index contributed by atoms with van der Waals surface area (Å²) in [4.78, 5) is 6.99. The summed E-state index contributed by atoms with van der Waals surface area (Å²) >= 11 is 0. The first kappa shape index (κ1) is 6.39. The topological polar surface area (TPSA) is 78.5 Å². The van der Waals surface area contributed by atoms with E-state index in [-0.39, 0.29) is 11.8 Å². The monoisotopic (exact) mass is 150 g/mol. The van der Waals surface area contributed by atoms with Crippen molar-refractivity contribution in [1.29, 1.82) is 5.41 Å². The third kappa shape index (κ3) is 1.00. The lowest BCUT2D eigenvalue weighted by Gasteiger charge is -1.91. The normalized spacial score (nSPS) is 28.4. The van der Waals surface area contributed by atoms with Crippen LogP contribution < -0.4 is 5.73 Å². The van der Waals surface area contributed by atoms with Gasteiger partial charge in [-0.2, -0.15) is 0 Å². The Morgan fingerprint density at radius 1 is 1.82 bits per heavy atom. The maximum Gasteiger partial charge on any atom is 0.0943 e. The van der Waals surface area contributed by atoms with Gasteiger partial charge in [0.2, 0.25) is 0 Å². The van der Waals surface area contributed by atoms with Crippen LogP contribution >= 0.6 is 0 Å². The molecule has 0 bridgehead atoms. The standard InChI is InChI=1S/C7H10N4/c8-7(9)5-1-4(5)6-2-10-3-11-6/h2-5H,1H2,(H3,8,9)(H,10,11)/t4-,5-/m1/s1. The van der Waals surface area contributed by atoms with E-state index in [9.17, 15) is 0 Å². The van der Waals surface area contributed by atoms with Gasteiger partial charge in [-0.3, -0.25) is 5.41 Å². The average molecular weight is 150 g/mol. The molecule has 58 valence electrons. The number of hydrogen-bond acceptors (Lipinski definition) is 2. The second-order valence-corrected chi connectivity index (χ2v) is 2.90. The van der Waals surface area contributed by atoms with Gasteiger partial charge in [0, 0.05) is 18.0 Å². The van der Waals surface area contributed by atoms with Gasteiger partial charge in [-0.15, -0.1) is 0 Å². The van der Waals surface area contributed by atoms with Gasteiger partial charge < -0.3 is 10.7 Å². The number of hydrogen-bond donors (Lipinski definition) is 3. The molecule has 1 heterocycles. The van der Waals surface area contributed by atoms with Crippen LogP contribution in [0, 0.1) is 11.3 Å². The van der Waals surface area contributed by atoms with Crippen LogP contribution in [0.5, 0.6) is 0 Å². The summed E-state index contributed by atoms with van der Waals surface area (Å²) in [6.45, 7) is 0.